The molecule has 6 heteroatoms. The molecule has 4 rings (SSSR count). The van der Waals surface area contributed by atoms with Gasteiger partial charge < -0.3 is 10.1 Å². The van der Waals surface area contributed by atoms with Gasteiger partial charge in [0, 0.05) is 16.7 Å². The van der Waals surface area contributed by atoms with Crippen molar-refractivity contribution in [2.24, 2.45) is 0 Å². The van der Waals surface area contributed by atoms with Crippen LogP contribution >= 0.6 is 0 Å². The second-order valence-corrected chi connectivity index (χ2v) is 7.33. The number of rotatable bonds is 4. The largest absolute Gasteiger partial charge is 0.449 e. The predicted molar refractivity (Wildman–Crippen MR) is 114 cm³/mol. The van der Waals surface area contributed by atoms with Crippen LogP contribution in [-0.2, 0) is 9.53 Å². The normalized spacial score (nSPS) is 13.1. The van der Waals surface area contributed by atoms with Crippen LogP contribution in [0.4, 0.5) is 5.69 Å². The summed E-state index contributed by atoms with van der Waals surface area (Å²) in [5.74, 6) is -1.85. The Bertz CT molecular complexity index is 1230. The minimum atomic E-state index is -1.11. The summed E-state index contributed by atoms with van der Waals surface area (Å²) in [7, 11) is 0. The lowest BCUT2D eigenvalue weighted by molar-refractivity contribution is -0.123. The molecule has 0 fully saturated rings. The molecule has 1 N–H and O–H groups in total. The van der Waals surface area contributed by atoms with E-state index >= 15 is 0 Å². The molecule has 1 aliphatic rings. The van der Waals surface area contributed by atoms with Gasteiger partial charge in [0.15, 0.2) is 17.7 Å². The van der Waals surface area contributed by atoms with Crippen molar-refractivity contribution in [2.75, 3.05) is 5.32 Å². The van der Waals surface area contributed by atoms with E-state index in [4.69, 9.17) is 4.74 Å². The molecule has 0 aliphatic heterocycles. The highest BCUT2D eigenvalue weighted by atomic mass is 16.5. The van der Waals surface area contributed by atoms with Crippen molar-refractivity contribution in [3.05, 3.63) is 100 Å². The molecule has 6 nitrogen and oxygen atoms in total. The average Bonchev–Trinajstić information content (AvgIpc) is 2.77. The molecular weight excluding hydrogens is 394 g/mol. The molecule has 0 saturated heterocycles. The minimum absolute atomic E-state index is 0.136. The third-order valence-electron chi connectivity index (χ3n) is 5.15. The van der Waals surface area contributed by atoms with Gasteiger partial charge in [-0.25, -0.2) is 4.79 Å². The number of ketones is 2. The van der Waals surface area contributed by atoms with E-state index in [0.29, 0.717) is 16.7 Å². The van der Waals surface area contributed by atoms with Crippen molar-refractivity contribution in [1.29, 1.82) is 0 Å². The first-order chi connectivity index (χ1) is 14.9. The van der Waals surface area contributed by atoms with Crippen molar-refractivity contribution in [1.82, 2.24) is 0 Å². The molecule has 0 heterocycles. The molecule has 1 aliphatic carbocycles. The van der Waals surface area contributed by atoms with Gasteiger partial charge in [-0.3, -0.25) is 14.4 Å². The van der Waals surface area contributed by atoms with Crippen LogP contribution in [0.15, 0.2) is 66.7 Å². The van der Waals surface area contributed by atoms with Crippen LogP contribution in [0.3, 0.4) is 0 Å². The second-order valence-electron chi connectivity index (χ2n) is 7.33. The van der Waals surface area contributed by atoms with Crippen molar-refractivity contribution < 1.29 is 23.9 Å². The summed E-state index contributed by atoms with van der Waals surface area (Å²) >= 11 is 0. The molecule has 3 aromatic rings. The van der Waals surface area contributed by atoms with Crippen molar-refractivity contribution >= 4 is 29.1 Å². The Balaban J connectivity index is 1.55. The second kappa shape index (κ2) is 7.99. The highest BCUT2D eigenvalue weighted by molar-refractivity contribution is 6.30. The van der Waals surface area contributed by atoms with E-state index in [2.05, 4.69) is 5.32 Å². The molecule has 0 bridgehead atoms. The summed E-state index contributed by atoms with van der Waals surface area (Å²) in [5, 5.41) is 2.63. The van der Waals surface area contributed by atoms with Gasteiger partial charge in [-0.1, -0.05) is 54.1 Å². The van der Waals surface area contributed by atoms with Gasteiger partial charge >= 0.3 is 5.97 Å². The number of hydrogen-bond acceptors (Lipinski definition) is 5. The van der Waals surface area contributed by atoms with E-state index in [1.807, 2.05) is 6.92 Å². The highest BCUT2D eigenvalue weighted by Gasteiger charge is 2.32. The fourth-order valence-electron chi connectivity index (χ4n) is 3.46. The number of benzene rings is 3. The standard InChI is InChI=1S/C25H19NO5/c1-14-10-12-16(13-11-14)25(30)31-15(2)24(29)26-20-9-5-8-19-21(20)23(28)18-7-4-3-6-17(18)22(19)27/h3-13,15H,1-2H3,(H,26,29). The predicted octanol–water partition coefficient (Wildman–Crippen LogP) is 3.95. The number of carbonyl (C=O) groups excluding carboxylic acids is 4. The summed E-state index contributed by atoms with van der Waals surface area (Å²) in [6.07, 6.45) is -1.11. The van der Waals surface area contributed by atoms with Crippen molar-refractivity contribution in [2.45, 2.75) is 20.0 Å². The summed E-state index contributed by atoms with van der Waals surface area (Å²) in [5.41, 5.74) is 2.53. The average molecular weight is 413 g/mol. The van der Waals surface area contributed by atoms with E-state index in [0.717, 1.165) is 5.56 Å². The van der Waals surface area contributed by atoms with E-state index in [9.17, 15) is 19.2 Å². The van der Waals surface area contributed by atoms with Gasteiger partial charge in [0.2, 0.25) is 0 Å². The fourth-order valence-corrected chi connectivity index (χ4v) is 3.46. The Morgan fingerprint density at radius 3 is 2.10 bits per heavy atom. The third-order valence-corrected chi connectivity index (χ3v) is 5.15. The van der Waals surface area contributed by atoms with Crippen LogP contribution in [0.25, 0.3) is 0 Å². The zero-order valence-corrected chi connectivity index (χ0v) is 17.0. The maximum absolute atomic E-state index is 13.0. The lowest BCUT2D eigenvalue weighted by atomic mass is 9.83. The Kier molecular flexibility index (Phi) is 5.21. The van der Waals surface area contributed by atoms with Crippen molar-refractivity contribution in [3.8, 4) is 0 Å². The number of fused-ring (bicyclic) bond motifs is 2. The van der Waals surface area contributed by atoms with E-state index in [-0.39, 0.29) is 28.4 Å². The first-order valence-corrected chi connectivity index (χ1v) is 9.77. The van der Waals surface area contributed by atoms with Crippen LogP contribution in [0.5, 0.6) is 0 Å². The van der Waals surface area contributed by atoms with Gasteiger partial charge in [0.1, 0.15) is 0 Å². The van der Waals surface area contributed by atoms with Gasteiger partial charge in [-0.2, -0.15) is 0 Å². The monoisotopic (exact) mass is 413 g/mol. The van der Waals surface area contributed by atoms with Crippen LogP contribution in [-0.4, -0.2) is 29.5 Å². The maximum Gasteiger partial charge on any atom is 0.338 e. The first kappa shape index (κ1) is 20.2. The quantitative estimate of drug-likeness (QED) is 0.512. The Labute approximate surface area is 178 Å². The molecule has 1 amide bonds. The third kappa shape index (κ3) is 3.75. The maximum atomic E-state index is 13.0. The van der Waals surface area contributed by atoms with Crippen LogP contribution in [0.2, 0.25) is 0 Å². The number of ether oxygens (including phenoxy) is 1. The van der Waals surface area contributed by atoms with E-state index in [1.54, 1.807) is 66.7 Å². The van der Waals surface area contributed by atoms with Gasteiger partial charge in [0.25, 0.3) is 5.91 Å². The first-order valence-electron chi connectivity index (χ1n) is 9.77. The number of nitrogens with one attached hydrogen (secondary N) is 1. The van der Waals surface area contributed by atoms with Gasteiger partial charge in [0.05, 0.1) is 16.8 Å². The molecule has 154 valence electrons. The molecule has 0 spiro atoms. The summed E-state index contributed by atoms with van der Waals surface area (Å²) in [6.45, 7) is 3.34. The van der Waals surface area contributed by atoms with Crippen LogP contribution in [0, 0.1) is 6.92 Å². The number of amides is 1. The van der Waals surface area contributed by atoms with Crippen LogP contribution in [0.1, 0.15) is 54.7 Å². The lowest BCUT2D eigenvalue weighted by Crippen LogP contribution is -2.31. The molecule has 3 aromatic carbocycles. The van der Waals surface area contributed by atoms with Gasteiger partial charge in [-0.15, -0.1) is 0 Å². The van der Waals surface area contributed by atoms with E-state index < -0.39 is 18.0 Å². The molecule has 0 saturated carbocycles. The smallest absolute Gasteiger partial charge is 0.338 e. The fraction of sp³-hybridized carbons (Fsp3) is 0.120. The number of carbonyl (C=O) groups is 4. The van der Waals surface area contributed by atoms with E-state index in [1.165, 1.54) is 6.92 Å². The Morgan fingerprint density at radius 1 is 0.806 bits per heavy atom. The van der Waals surface area contributed by atoms with Crippen LogP contribution < -0.4 is 5.32 Å². The Morgan fingerprint density at radius 2 is 1.42 bits per heavy atom. The highest BCUT2D eigenvalue weighted by Crippen LogP contribution is 2.32. The number of anilines is 1. The topological polar surface area (TPSA) is 89.5 Å². The zero-order valence-electron chi connectivity index (χ0n) is 17.0. The number of esters is 1. The minimum Gasteiger partial charge on any atom is -0.449 e. The SMILES string of the molecule is Cc1ccc(C(=O)OC(C)C(=O)Nc2cccc3c2C(=O)c2ccccc2C3=O)cc1. The molecule has 0 radical (unpaired) electrons. The number of hydrogen-bond donors (Lipinski definition) is 1. The molecule has 1 unspecified atom stereocenters. The summed E-state index contributed by atoms with van der Waals surface area (Å²) in [6, 6.07) is 18.1. The molecular formula is C25H19NO5. The Hall–Kier alpha value is -4.06. The molecule has 1 atom stereocenters. The molecule has 0 aromatic heterocycles. The molecule has 31 heavy (non-hydrogen) atoms. The number of aryl methyl sites for hydroxylation is 1. The van der Waals surface area contributed by atoms with Crippen molar-refractivity contribution in [3.63, 3.8) is 0 Å². The van der Waals surface area contributed by atoms with Gasteiger partial charge in [-0.05, 0) is 32.0 Å². The summed E-state index contributed by atoms with van der Waals surface area (Å²) < 4.78 is 5.26. The lowest BCUT2D eigenvalue weighted by Gasteiger charge is -2.21. The zero-order chi connectivity index (χ0) is 22.1. The summed E-state index contributed by atoms with van der Waals surface area (Å²) in [4.78, 5) is 50.8.